The van der Waals surface area contributed by atoms with Crippen LogP contribution in [0.1, 0.15) is 50.7 Å². The van der Waals surface area contributed by atoms with Gasteiger partial charge in [-0.1, -0.05) is 25.1 Å². The maximum Gasteiger partial charge on any atom is 0.336 e. The molecule has 1 aliphatic heterocycles. The summed E-state index contributed by atoms with van der Waals surface area (Å²) in [5, 5.41) is 3.71. The number of nitrogens with zero attached hydrogens (tertiary/aromatic N) is 2. The molecule has 0 spiro atoms. The van der Waals surface area contributed by atoms with Crippen LogP contribution in [0.3, 0.4) is 0 Å². The smallest absolute Gasteiger partial charge is 0.336 e. The second-order valence-electron chi connectivity index (χ2n) is 6.43. The van der Waals surface area contributed by atoms with Crippen LogP contribution in [0.5, 0.6) is 0 Å². The Balaban J connectivity index is 2.11. The van der Waals surface area contributed by atoms with Crippen molar-refractivity contribution >= 4 is 23.5 Å². The molecule has 0 unspecified atom stereocenters. The van der Waals surface area contributed by atoms with Gasteiger partial charge in [0.05, 0.1) is 23.7 Å². The molecule has 2 aromatic heterocycles. The Kier molecular flexibility index (Phi) is 6.51. The SMILES string of the molecule is CCCCSc1nc2c(c(=O)[nH]1)[C@@H](c1ccncc1)C(C(=O)OCC)=C(C)N2. The predicted octanol–water partition coefficient (Wildman–Crippen LogP) is 3.45. The summed E-state index contributed by atoms with van der Waals surface area (Å²) in [4.78, 5) is 37.2. The van der Waals surface area contributed by atoms with Crippen molar-refractivity contribution in [3.8, 4) is 0 Å². The molecule has 0 fully saturated rings. The van der Waals surface area contributed by atoms with Crippen molar-refractivity contribution in [3.63, 3.8) is 0 Å². The number of hydrogen-bond donors (Lipinski definition) is 2. The van der Waals surface area contributed by atoms with Gasteiger partial charge < -0.3 is 15.0 Å². The van der Waals surface area contributed by atoms with Crippen LogP contribution < -0.4 is 10.9 Å². The fourth-order valence-corrected chi connectivity index (χ4v) is 4.13. The molecule has 0 bridgehead atoms. The summed E-state index contributed by atoms with van der Waals surface area (Å²) in [7, 11) is 0. The summed E-state index contributed by atoms with van der Waals surface area (Å²) in [5.74, 6) is 0.356. The van der Waals surface area contributed by atoms with Gasteiger partial charge in [0, 0.05) is 23.8 Å². The normalized spacial score (nSPS) is 15.8. The molecule has 1 atom stereocenters. The Morgan fingerprint density at radius 2 is 2.04 bits per heavy atom. The highest BCUT2D eigenvalue weighted by molar-refractivity contribution is 7.99. The van der Waals surface area contributed by atoms with Crippen molar-refractivity contribution in [2.24, 2.45) is 0 Å². The number of aromatic amines is 1. The van der Waals surface area contributed by atoms with Crippen LogP contribution in [-0.2, 0) is 9.53 Å². The first-order chi connectivity index (χ1) is 13.6. The van der Waals surface area contributed by atoms with E-state index < -0.39 is 11.9 Å². The van der Waals surface area contributed by atoms with Gasteiger partial charge in [-0.15, -0.1) is 0 Å². The van der Waals surface area contributed by atoms with Crippen LogP contribution in [0, 0.1) is 0 Å². The number of thioether (sulfide) groups is 1. The Morgan fingerprint density at radius 1 is 1.29 bits per heavy atom. The summed E-state index contributed by atoms with van der Waals surface area (Å²) in [6, 6.07) is 3.60. The van der Waals surface area contributed by atoms with Crippen molar-refractivity contribution in [3.05, 3.63) is 57.3 Å². The largest absolute Gasteiger partial charge is 0.463 e. The van der Waals surface area contributed by atoms with Gasteiger partial charge in [0.1, 0.15) is 5.82 Å². The number of hydrogen-bond acceptors (Lipinski definition) is 7. The molecule has 3 rings (SSSR count). The number of carbonyl (C=O) groups excluding carboxylic acids is 1. The number of aromatic nitrogens is 3. The zero-order valence-electron chi connectivity index (χ0n) is 16.2. The van der Waals surface area contributed by atoms with Gasteiger partial charge in [-0.2, -0.15) is 0 Å². The average molecular weight is 401 g/mol. The lowest BCUT2D eigenvalue weighted by Crippen LogP contribution is -2.31. The molecule has 0 aromatic carbocycles. The number of carbonyl (C=O) groups is 1. The van der Waals surface area contributed by atoms with E-state index in [4.69, 9.17) is 4.74 Å². The molecule has 0 aliphatic carbocycles. The third-order valence-corrected chi connectivity index (χ3v) is 5.45. The Labute approximate surface area is 168 Å². The van der Waals surface area contributed by atoms with Gasteiger partial charge in [-0.3, -0.25) is 9.78 Å². The zero-order chi connectivity index (χ0) is 20.1. The molecule has 8 heteroatoms. The van der Waals surface area contributed by atoms with Crippen molar-refractivity contribution in [2.45, 2.75) is 44.7 Å². The number of pyridine rings is 1. The summed E-state index contributed by atoms with van der Waals surface area (Å²) in [6.45, 7) is 5.94. The van der Waals surface area contributed by atoms with Gasteiger partial charge in [-0.05, 0) is 38.0 Å². The van der Waals surface area contributed by atoms with Gasteiger partial charge in [-0.25, -0.2) is 9.78 Å². The highest BCUT2D eigenvalue weighted by Crippen LogP contribution is 2.39. The number of anilines is 1. The number of rotatable bonds is 7. The number of H-pyrrole nitrogens is 1. The summed E-state index contributed by atoms with van der Waals surface area (Å²) in [6.07, 6.45) is 5.41. The molecule has 0 amide bonds. The van der Waals surface area contributed by atoms with Gasteiger partial charge >= 0.3 is 5.97 Å². The topological polar surface area (TPSA) is 97.0 Å². The maximum atomic E-state index is 13.0. The Morgan fingerprint density at radius 3 is 2.71 bits per heavy atom. The molecule has 28 heavy (non-hydrogen) atoms. The highest BCUT2D eigenvalue weighted by Gasteiger charge is 2.36. The molecule has 0 saturated carbocycles. The molecule has 2 N–H and O–H groups in total. The van der Waals surface area contributed by atoms with E-state index >= 15 is 0 Å². The van der Waals surface area contributed by atoms with Crippen LogP contribution in [0.4, 0.5) is 5.82 Å². The third kappa shape index (κ3) is 4.11. The van der Waals surface area contributed by atoms with E-state index in [1.165, 1.54) is 11.8 Å². The minimum Gasteiger partial charge on any atom is -0.463 e. The van der Waals surface area contributed by atoms with E-state index in [1.54, 1.807) is 38.4 Å². The number of fused-ring (bicyclic) bond motifs is 1. The number of esters is 1. The van der Waals surface area contributed by atoms with Gasteiger partial charge in [0.25, 0.3) is 5.56 Å². The monoisotopic (exact) mass is 400 g/mol. The molecule has 3 heterocycles. The lowest BCUT2D eigenvalue weighted by Gasteiger charge is -2.28. The van der Waals surface area contributed by atoms with Crippen LogP contribution >= 0.6 is 11.8 Å². The number of nitrogens with one attached hydrogen (secondary N) is 2. The van der Waals surface area contributed by atoms with Crippen LogP contribution in [0.2, 0.25) is 0 Å². The average Bonchev–Trinajstić information content (AvgIpc) is 2.68. The first kappa shape index (κ1) is 20.1. The first-order valence-corrected chi connectivity index (χ1v) is 10.4. The predicted molar refractivity (Wildman–Crippen MR) is 110 cm³/mol. The van der Waals surface area contributed by atoms with Crippen LogP contribution in [-0.4, -0.2) is 33.3 Å². The second-order valence-corrected chi connectivity index (χ2v) is 7.52. The minimum absolute atomic E-state index is 0.257. The fourth-order valence-electron chi connectivity index (χ4n) is 3.18. The molecule has 7 nitrogen and oxygen atoms in total. The number of unbranched alkanes of at least 4 members (excludes halogenated alkanes) is 1. The van der Waals surface area contributed by atoms with Gasteiger partial charge in [0.15, 0.2) is 5.16 Å². The first-order valence-electron chi connectivity index (χ1n) is 9.38. The summed E-state index contributed by atoms with van der Waals surface area (Å²) < 4.78 is 5.26. The molecule has 0 radical (unpaired) electrons. The van der Waals surface area contributed by atoms with E-state index in [0.717, 1.165) is 24.2 Å². The summed E-state index contributed by atoms with van der Waals surface area (Å²) in [5.41, 5.74) is 2.00. The lowest BCUT2D eigenvalue weighted by molar-refractivity contribution is -0.138. The third-order valence-electron chi connectivity index (χ3n) is 4.49. The highest BCUT2D eigenvalue weighted by atomic mass is 32.2. The molecule has 2 aromatic rings. The van der Waals surface area contributed by atoms with Crippen LogP contribution in [0.25, 0.3) is 0 Å². The molecule has 1 aliphatic rings. The van der Waals surface area contributed by atoms with E-state index in [1.807, 2.05) is 0 Å². The van der Waals surface area contributed by atoms with Crippen molar-refractivity contribution < 1.29 is 9.53 Å². The fraction of sp³-hybridized carbons (Fsp3) is 0.400. The maximum absolute atomic E-state index is 13.0. The summed E-state index contributed by atoms with van der Waals surface area (Å²) >= 11 is 1.52. The van der Waals surface area contributed by atoms with Crippen LogP contribution in [0.15, 0.2) is 45.7 Å². The van der Waals surface area contributed by atoms with E-state index in [-0.39, 0.29) is 12.2 Å². The van der Waals surface area contributed by atoms with E-state index in [0.29, 0.717) is 27.8 Å². The van der Waals surface area contributed by atoms with E-state index in [2.05, 4.69) is 27.2 Å². The zero-order valence-corrected chi connectivity index (χ0v) is 17.1. The Bertz CT molecular complexity index is 940. The lowest BCUT2D eigenvalue weighted by atomic mass is 9.83. The minimum atomic E-state index is -0.566. The standard InChI is InChI=1S/C20H24N4O3S/c1-4-6-11-28-20-23-17-16(18(25)24-20)15(13-7-9-21-10-8-13)14(12(3)22-17)19(26)27-5-2/h7-10,15H,4-6,11H2,1-3H3,(H2,22,23,24,25)/t15-/m0/s1. The molecular weight excluding hydrogens is 376 g/mol. The Hall–Kier alpha value is -2.61. The van der Waals surface area contributed by atoms with Gasteiger partial charge in [0.2, 0.25) is 0 Å². The second kappa shape index (κ2) is 9.05. The molecule has 0 saturated heterocycles. The molecule has 148 valence electrons. The quantitative estimate of drug-likeness (QED) is 0.318. The van der Waals surface area contributed by atoms with Crippen molar-refractivity contribution in [2.75, 3.05) is 17.7 Å². The number of ether oxygens (including phenoxy) is 1. The van der Waals surface area contributed by atoms with E-state index in [9.17, 15) is 9.59 Å². The van der Waals surface area contributed by atoms with Crippen molar-refractivity contribution in [1.29, 1.82) is 0 Å². The molecular formula is C20H24N4O3S. The number of allylic oxidation sites excluding steroid dienone is 1. The van der Waals surface area contributed by atoms with Crippen molar-refractivity contribution in [1.82, 2.24) is 15.0 Å².